The highest BCUT2D eigenvalue weighted by molar-refractivity contribution is 6.31. The standard InChI is InChI=1S/C23H17ClFN5/c1-13-2-4-14(5-3-13)22-21-16(17-10-15(24)6-7-19(17)28-21)8-9-30(22)23-27-12-18(25)20(11-26)29-23/h2-7,10,12,22,28H,8-9H2,1H3/t22-/m0/s1. The summed E-state index contributed by atoms with van der Waals surface area (Å²) < 4.78 is 13.8. The van der Waals surface area contributed by atoms with E-state index < -0.39 is 5.82 Å². The van der Waals surface area contributed by atoms with Gasteiger partial charge in [-0.25, -0.2) is 9.37 Å². The quantitative estimate of drug-likeness (QED) is 0.493. The molecule has 148 valence electrons. The molecule has 2 aromatic heterocycles. The van der Waals surface area contributed by atoms with Crippen LogP contribution in [0.1, 0.15) is 34.1 Å². The van der Waals surface area contributed by atoms with Crippen molar-refractivity contribution in [1.82, 2.24) is 15.0 Å². The minimum Gasteiger partial charge on any atom is -0.356 e. The van der Waals surface area contributed by atoms with Crippen molar-refractivity contribution in [3.8, 4) is 6.07 Å². The molecule has 1 aliphatic heterocycles. The van der Waals surface area contributed by atoms with Crippen LogP contribution in [-0.2, 0) is 6.42 Å². The Bertz CT molecular complexity index is 1310. The highest BCUT2D eigenvalue weighted by Gasteiger charge is 2.33. The monoisotopic (exact) mass is 417 g/mol. The molecule has 2 aromatic carbocycles. The fourth-order valence-corrected chi connectivity index (χ4v) is 4.32. The average molecular weight is 418 g/mol. The third kappa shape index (κ3) is 2.99. The fraction of sp³-hybridized carbons (Fsp3) is 0.174. The molecule has 3 heterocycles. The van der Waals surface area contributed by atoms with Crippen LogP contribution in [0, 0.1) is 24.1 Å². The van der Waals surface area contributed by atoms with Crippen molar-refractivity contribution in [3.63, 3.8) is 0 Å². The van der Waals surface area contributed by atoms with Gasteiger partial charge in [-0.15, -0.1) is 0 Å². The van der Waals surface area contributed by atoms with E-state index in [1.54, 1.807) is 0 Å². The first-order valence-electron chi connectivity index (χ1n) is 9.61. The summed E-state index contributed by atoms with van der Waals surface area (Å²) in [5.74, 6) is -0.382. The third-order valence-electron chi connectivity index (χ3n) is 5.58. The lowest BCUT2D eigenvalue weighted by Crippen LogP contribution is -2.37. The van der Waals surface area contributed by atoms with Gasteiger partial charge < -0.3 is 9.88 Å². The number of H-pyrrole nitrogens is 1. The zero-order valence-electron chi connectivity index (χ0n) is 16.2. The van der Waals surface area contributed by atoms with Crippen molar-refractivity contribution >= 4 is 28.5 Å². The van der Waals surface area contributed by atoms with Crippen LogP contribution in [-0.4, -0.2) is 21.5 Å². The van der Waals surface area contributed by atoms with Crippen molar-refractivity contribution in [3.05, 3.63) is 87.6 Å². The molecule has 1 aliphatic rings. The van der Waals surface area contributed by atoms with Crippen LogP contribution in [0.5, 0.6) is 0 Å². The SMILES string of the molecule is Cc1ccc([C@H]2c3[nH]c4ccc(Cl)cc4c3CCN2c2ncc(F)c(C#N)n2)cc1. The number of nitrogens with zero attached hydrogens (tertiary/aromatic N) is 4. The van der Waals surface area contributed by atoms with Crippen molar-refractivity contribution in [1.29, 1.82) is 5.26 Å². The number of benzene rings is 2. The third-order valence-corrected chi connectivity index (χ3v) is 5.81. The summed E-state index contributed by atoms with van der Waals surface area (Å²) in [7, 11) is 0. The smallest absolute Gasteiger partial charge is 0.227 e. The zero-order valence-corrected chi connectivity index (χ0v) is 16.9. The van der Waals surface area contributed by atoms with E-state index in [-0.39, 0.29) is 11.7 Å². The lowest BCUT2D eigenvalue weighted by atomic mass is 9.92. The second kappa shape index (κ2) is 7.12. The van der Waals surface area contributed by atoms with Crippen molar-refractivity contribution < 1.29 is 4.39 Å². The minimum absolute atomic E-state index is 0.197. The molecule has 0 bridgehead atoms. The van der Waals surface area contributed by atoms with Crippen molar-refractivity contribution in [2.24, 2.45) is 0 Å². The van der Waals surface area contributed by atoms with Crippen LogP contribution < -0.4 is 4.90 Å². The molecule has 30 heavy (non-hydrogen) atoms. The maximum absolute atomic E-state index is 13.8. The van der Waals surface area contributed by atoms with Gasteiger partial charge in [0, 0.05) is 28.2 Å². The van der Waals surface area contributed by atoms with Crippen molar-refractivity contribution in [2.75, 3.05) is 11.4 Å². The van der Waals surface area contributed by atoms with E-state index in [4.69, 9.17) is 11.6 Å². The maximum atomic E-state index is 13.8. The summed E-state index contributed by atoms with van der Waals surface area (Å²) in [4.78, 5) is 14.0. The van der Waals surface area contributed by atoms with Gasteiger partial charge in [0.05, 0.1) is 12.2 Å². The van der Waals surface area contributed by atoms with Gasteiger partial charge in [0.2, 0.25) is 5.95 Å². The number of halogens is 2. The van der Waals surface area contributed by atoms with Crippen LogP contribution in [0.3, 0.4) is 0 Å². The second-order valence-electron chi connectivity index (χ2n) is 7.44. The Balaban J connectivity index is 1.71. The number of nitriles is 1. The Labute approximate surface area is 177 Å². The van der Waals surface area contributed by atoms with Gasteiger partial charge in [0.25, 0.3) is 0 Å². The first kappa shape index (κ1) is 18.6. The van der Waals surface area contributed by atoms with E-state index in [2.05, 4.69) is 39.2 Å². The number of fused-ring (bicyclic) bond motifs is 3. The van der Waals surface area contributed by atoms with Crippen LogP contribution in [0.2, 0.25) is 5.02 Å². The summed E-state index contributed by atoms with van der Waals surface area (Å²) in [6.45, 7) is 2.67. The topological polar surface area (TPSA) is 68.6 Å². The summed E-state index contributed by atoms with van der Waals surface area (Å²) in [5.41, 5.74) is 5.23. The Hall–Kier alpha value is -3.43. The molecule has 5 nitrogen and oxygen atoms in total. The van der Waals surface area contributed by atoms with Crippen LogP contribution in [0.4, 0.5) is 10.3 Å². The predicted octanol–water partition coefficient (Wildman–Crippen LogP) is 5.08. The molecular weight excluding hydrogens is 401 g/mol. The van der Waals surface area contributed by atoms with E-state index >= 15 is 0 Å². The van der Waals surface area contributed by atoms with Crippen LogP contribution >= 0.6 is 11.6 Å². The Morgan fingerprint density at radius 3 is 2.80 bits per heavy atom. The van der Waals surface area contributed by atoms with Gasteiger partial charge in [-0.1, -0.05) is 41.4 Å². The maximum Gasteiger partial charge on any atom is 0.227 e. The number of aromatic nitrogens is 3. The Kier molecular flexibility index (Phi) is 4.41. The molecule has 0 aliphatic carbocycles. The van der Waals surface area contributed by atoms with Gasteiger partial charge in [-0.05, 0) is 42.7 Å². The summed E-state index contributed by atoms with van der Waals surface area (Å²) in [5, 5.41) is 11.0. The van der Waals surface area contributed by atoms with Gasteiger partial charge in [0.15, 0.2) is 11.5 Å². The number of nitrogens with one attached hydrogen (secondary N) is 1. The Morgan fingerprint density at radius 1 is 1.23 bits per heavy atom. The van der Waals surface area contributed by atoms with E-state index in [0.29, 0.717) is 17.5 Å². The molecule has 4 aromatic rings. The largest absolute Gasteiger partial charge is 0.356 e. The van der Waals surface area contributed by atoms with Gasteiger partial charge >= 0.3 is 0 Å². The molecule has 0 amide bonds. The van der Waals surface area contributed by atoms with Crippen LogP contribution in [0.15, 0.2) is 48.7 Å². The molecule has 7 heteroatoms. The highest BCUT2D eigenvalue weighted by Crippen LogP contribution is 2.40. The van der Waals surface area contributed by atoms with Gasteiger partial charge in [0.1, 0.15) is 6.07 Å². The molecule has 0 radical (unpaired) electrons. The number of anilines is 1. The zero-order chi connectivity index (χ0) is 20.8. The highest BCUT2D eigenvalue weighted by atomic mass is 35.5. The van der Waals surface area contributed by atoms with Crippen LogP contribution in [0.25, 0.3) is 10.9 Å². The molecule has 0 saturated heterocycles. The molecule has 0 fully saturated rings. The minimum atomic E-state index is -0.717. The second-order valence-corrected chi connectivity index (χ2v) is 7.88. The summed E-state index contributed by atoms with van der Waals surface area (Å²) >= 11 is 6.25. The number of hydrogen-bond acceptors (Lipinski definition) is 4. The number of hydrogen-bond donors (Lipinski definition) is 1. The average Bonchev–Trinajstić information content (AvgIpc) is 3.12. The molecule has 0 unspecified atom stereocenters. The molecule has 0 spiro atoms. The summed E-state index contributed by atoms with van der Waals surface area (Å²) in [6.07, 6.45) is 1.81. The predicted molar refractivity (Wildman–Crippen MR) is 114 cm³/mol. The lowest BCUT2D eigenvalue weighted by Gasteiger charge is -2.36. The number of aromatic amines is 1. The van der Waals surface area contributed by atoms with E-state index in [1.807, 2.05) is 36.1 Å². The van der Waals surface area contributed by atoms with Crippen molar-refractivity contribution in [2.45, 2.75) is 19.4 Å². The summed E-state index contributed by atoms with van der Waals surface area (Å²) in [6, 6.07) is 15.7. The molecule has 1 N–H and O–H groups in total. The van der Waals surface area contributed by atoms with E-state index in [1.165, 1.54) is 5.56 Å². The number of aryl methyl sites for hydroxylation is 1. The molecule has 5 rings (SSSR count). The Morgan fingerprint density at radius 2 is 2.03 bits per heavy atom. The lowest BCUT2D eigenvalue weighted by molar-refractivity contribution is 0.592. The molecule has 0 saturated carbocycles. The van der Waals surface area contributed by atoms with Gasteiger partial charge in [-0.2, -0.15) is 10.2 Å². The molecule has 1 atom stereocenters. The molecular formula is C23H17ClFN5. The fourth-order valence-electron chi connectivity index (χ4n) is 4.15. The normalized spacial score (nSPS) is 15.8. The van der Waals surface area contributed by atoms with E-state index in [0.717, 1.165) is 40.3 Å². The first-order chi connectivity index (χ1) is 14.5. The van der Waals surface area contributed by atoms with Gasteiger partial charge in [-0.3, -0.25) is 0 Å². The first-order valence-corrected chi connectivity index (χ1v) is 9.99. The van der Waals surface area contributed by atoms with E-state index in [9.17, 15) is 9.65 Å². The number of rotatable bonds is 2.